The number of hydrogen-bond donors (Lipinski definition) is 1. The second-order valence-corrected chi connectivity index (χ2v) is 5.35. The van der Waals surface area contributed by atoms with Crippen LogP contribution in [0.4, 0.5) is 0 Å². The summed E-state index contributed by atoms with van der Waals surface area (Å²) in [6.45, 7) is 6.34. The van der Waals surface area contributed by atoms with E-state index in [1.807, 2.05) is 26.2 Å². The second kappa shape index (κ2) is 4.58. The topological polar surface area (TPSA) is 43.8 Å². The molecule has 96 valence electrons. The van der Waals surface area contributed by atoms with Crippen molar-refractivity contribution < 1.29 is 0 Å². The van der Waals surface area contributed by atoms with Gasteiger partial charge in [-0.3, -0.25) is 0 Å². The molecular weight excluding hydrogens is 222 g/mol. The molecule has 0 spiro atoms. The molecule has 0 radical (unpaired) electrons. The normalized spacial score (nSPS) is 13.6. The maximum Gasteiger partial charge on any atom is 0.105 e. The lowest BCUT2D eigenvalue weighted by Crippen LogP contribution is -2.34. The summed E-state index contributed by atoms with van der Waals surface area (Å²) >= 11 is 0. The molecule has 0 saturated heterocycles. The Labute approximate surface area is 109 Å². The van der Waals surface area contributed by atoms with E-state index in [4.69, 9.17) is 5.73 Å². The van der Waals surface area contributed by atoms with Crippen molar-refractivity contribution in [2.75, 3.05) is 0 Å². The lowest BCUT2D eigenvalue weighted by molar-refractivity contribution is 0.405. The molecule has 2 N–H and O–H groups in total. The first-order chi connectivity index (χ1) is 8.44. The number of nitrogens with zero attached hydrogens (tertiary/aromatic N) is 2. The van der Waals surface area contributed by atoms with Gasteiger partial charge in [0, 0.05) is 12.5 Å². The van der Waals surface area contributed by atoms with E-state index in [1.54, 1.807) is 0 Å². The van der Waals surface area contributed by atoms with Gasteiger partial charge in [0.25, 0.3) is 0 Å². The van der Waals surface area contributed by atoms with Crippen LogP contribution in [0.1, 0.15) is 37.0 Å². The Morgan fingerprint density at radius 3 is 2.33 bits per heavy atom. The average molecular weight is 243 g/mol. The maximum absolute atomic E-state index is 6.46. The van der Waals surface area contributed by atoms with Crippen LogP contribution in [0.15, 0.2) is 36.5 Å². The number of benzene rings is 1. The van der Waals surface area contributed by atoms with E-state index in [9.17, 15) is 0 Å². The fourth-order valence-electron chi connectivity index (χ4n) is 2.23. The maximum atomic E-state index is 6.46. The van der Waals surface area contributed by atoms with Crippen molar-refractivity contribution in [3.8, 4) is 0 Å². The fourth-order valence-corrected chi connectivity index (χ4v) is 2.23. The first-order valence-corrected chi connectivity index (χ1v) is 6.24. The van der Waals surface area contributed by atoms with Crippen molar-refractivity contribution in [1.29, 1.82) is 0 Å². The van der Waals surface area contributed by atoms with Gasteiger partial charge in [-0.2, -0.15) is 0 Å². The fraction of sp³-hybridized carbons (Fsp3) is 0.400. The molecule has 1 heterocycles. The van der Waals surface area contributed by atoms with Gasteiger partial charge in [0.2, 0.25) is 0 Å². The highest BCUT2D eigenvalue weighted by molar-refractivity contribution is 5.29. The summed E-state index contributed by atoms with van der Waals surface area (Å²) in [5.74, 6) is 0.990. The predicted molar refractivity (Wildman–Crippen MR) is 74.3 cm³/mol. The number of aromatic nitrogens is 2. The highest BCUT2D eigenvalue weighted by atomic mass is 15.1. The van der Waals surface area contributed by atoms with Crippen LogP contribution in [0.3, 0.4) is 0 Å². The summed E-state index contributed by atoms with van der Waals surface area (Å²) in [6, 6.07) is 10.3. The Hall–Kier alpha value is -1.61. The van der Waals surface area contributed by atoms with Gasteiger partial charge in [0.1, 0.15) is 5.82 Å². The van der Waals surface area contributed by atoms with Gasteiger partial charge in [-0.15, -0.1) is 0 Å². The Bertz CT molecular complexity index is 526. The molecule has 18 heavy (non-hydrogen) atoms. The highest BCUT2D eigenvalue weighted by Crippen LogP contribution is 2.34. The highest BCUT2D eigenvalue weighted by Gasteiger charge is 2.31. The van der Waals surface area contributed by atoms with Crippen LogP contribution in [-0.2, 0) is 12.5 Å². The van der Waals surface area contributed by atoms with Gasteiger partial charge in [-0.05, 0) is 12.5 Å². The first-order valence-electron chi connectivity index (χ1n) is 6.24. The van der Waals surface area contributed by atoms with E-state index < -0.39 is 0 Å². The molecule has 1 atom stereocenters. The summed E-state index contributed by atoms with van der Waals surface area (Å²) in [7, 11) is 2.01. The van der Waals surface area contributed by atoms with E-state index in [-0.39, 0.29) is 11.5 Å². The molecular formula is C15H21N3. The summed E-state index contributed by atoms with van der Waals surface area (Å²) in [5, 5.41) is 0. The third-order valence-corrected chi connectivity index (χ3v) is 3.87. The van der Waals surface area contributed by atoms with Crippen molar-refractivity contribution in [3.63, 3.8) is 0 Å². The van der Waals surface area contributed by atoms with Gasteiger partial charge in [-0.1, -0.05) is 44.2 Å². The summed E-state index contributed by atoms with van der Waals surface area (Å²) in [4.78, 5) is 4.33. The van der Waals surface area contributed by atoms with Gasteiger partial charge < -0.3 is 10.3 Å². The smallest absolute Gasteiger partial charge is 0.105 e. The zero-order valence-corrected chi connectivity index (χ0v) is 11.5. The molecule has 1 unspecified atom stereocenters. The third-order valence-electron chi connectivity index (χ3n) is 3.87. The van der Waals surface area contributed by atoms with E-state index in [2.05, 4.69) is 47.7 Å². The second-order valence-electron chi connectivity index (χ2n) is 5.35. The molecule has 0 aliphatic heterocycles. The molecule has 0 aliphatic rings. The van der Waals surface area contributed by atoms with E-state index in [1.165, 1.54) is 5.56 Å². The van der Waals surface area contributed by atoms with Crippen LogP contribution in [0.25, 0.3) is 0 Å². The average Bonchev–Trinajstić information content (AvgIpc) is 2.70. The lowest BCUT2D eigenvalue weighted by atomic mass is 9.77. The quantitative estimate of drug-likeness (QED) is 0.900. The van der Waals surface area contributed by atoms with Gasteiger partial charge >= 0.3 is 0 Å². The molecule has 0 amide bonds. The van der Waals surface area contributed by atoms with Crippen LogP contribution in [0, 0.1) is 6.92 Å². The number of aryl methyl sites for hydroxylation is 1. The molecule has 2 aromatic rings. The van der Waals surface area contributed by atoms with Crippen molar-refractivity contribution in [3.05, 3.63) is 53.6 Å². The summed E-state index contributed by atoms with van der Waals surface area (Å²) in [6.07, 6.45) is 1.88. The number of hydrogen-bond acceptors (Lipinski definition) is 2. The van der Waals surface area contributed by atoms with Crippen LogP contribution < -0.4 is 5.73 Å². The number of nitrogens with two attached hydrogens (primary N) is 1. The Morgan fingerprint density at radius 1 is 1.22 bits per heavy atom. The van der Waals surface area contributed by atoms with Crippen LogP contribution >= 0.6 is 0 Å². The van der Waals surface area contributed by atoms with Gasteiger partial charge in [-0.25, -0.2) is 4.98 Å². The molecule has 3 nitrogen and oxygen atoms in total. The monoisotopic (exact) mass is 243 g/mol. The first kappa shape index (κ1) is 12.8. The minimum atomic E-state index is -0.124. The summed E-state index contributed by atoms with van der Waals surface area (Å²) < 4.78 is 2.06. The minimum Gasteiger partial charge on any atom is -0.334 e. The van der Waals surface area contributed by atoms with E-state index in [0.29, 0.717) is 0 Å². The third kappa shape index (κ3) is 2.06. The van der Waals surface area contributed by atoms with Crippen molar-refractivity contribution >= 4 is 0 Å². The van der Waals surface area contributed by atoms with Gasteiger partial charge in [0.05, 0.1) is 17.9 Å². The molecule has 1 aromatic heterocycles. The van der Waals surface area contributed by atoms with Crippen LogP contribution in [-0.4, -0.2) is 9.55 Å². The van der Waals surface area contributed by atoms with E-state index >= 15 is 0 Å². The molecule has 0 aliphatic carbocycles. The number of imidazole rings is 1. The van der Waals surface area contributed by atoms with Gasteiger partial charge in [0.15, 0.2) is 0 Å². The lowest BCUT2D eigenvalue weighted by Gasteiger charge is -2.32. The Morgan fingerprint density at radius 2 is 1.83 bits per heavy atom. The standard InChI is InChI=1S/C15H21N3/c1-11-17-10-13(18(11)4)14(16)15(2,3)12-8-6-5-7-9-12/h5-10,14H,16H2,1-4H3. The largest absolute Gasteiger partial charge is 0.334 e. The minimum absolute atomic E-state index is 0.0777. The molecule has 0 bridgehead atoms. The van der Waals surface area contributed by atoms with Crippen LogP contribution in [0.2, 0.25) is 0 Å². The Balaban J connectivity index is 2.39. The predicted octanol–water partition coefficient (Wildman–Crippen LogP) is 2.71. The molecule has 3 heteroatoms. The molecule has 1 aromatic carbocycles. The molecule has 2 rings (SSSR count). The zero-order valence-electron chi connectivity index (χ0n) is 11.5. The van der Waals surface area contributed by atoms with E-state index in [0.717, 1.165) is 11.5 Å². The molecule has 0 fully saturated rings. The molecule has 0 saturated carbocycles. The zero-order chi connectivity index (χ0) is 13.3. The van der Waals surface area contributed by atoms with Crippen molar-refractivity contribution in [2.24, 2.45) is 12.8 Å². The number of rotatable bonds is 3. The SMILES string of the molecule is Cc1ncc(C(N)C(C)(C)c2ccccc2)n1C. The van der Waals surface area contributed by atoms with Crippen molar-refractivity contribution in [1.82, 2.24) is 9.55 Å². The van der Waals surface area contributed by atoms with Crippen LogP contribution in [0.5, 0.6) is 0 Å². The summed E-state index contributed by atoms with van der Waals surface area (Å²) in [5.41, 5.74) is 8.65. The Kier molecular flexibility index (Phi) is 3.26. The van der Waals surface area contributed by atoms with Crippen molar-refractivity contribution in [2.45, 2.75) is 32.2 Å².